The van der Waals surface area contributed by atoms with E-state index < -0.39 is 0 Å². The molecule has 1 saturated heterocycles. The lowest BCUT2D eigenvalue weighted by Gasteiger charge is -2.19. The monoisotopic (exact) mass is 296 g/mol. The fraction of sp³-hybridized carbons (Fsp3) is 0.533. The van der Waals surface area contributed by atoms with E-state index in [1.54, 1.807) is 6.07 Å². The van der Waals surface area contributed by atoms with Gasteiger partial charge < -0.3 is 9.30 Å². The van der Waals surface area contributed by atoms with Gasteiger partial charge in [-0.1, -0.05) is 6.92 Å². The molecule has 2 aromatic rings. The molecule has 1 aliphatic heterocycles. The molecule has 0 amide bonds. The SMILES string of the molecule is CCC1OCCC1Cn1c(CCl)nc2cc(F)ccc21. The van der Waals surface area contributed by atoms with E-state index in [4.69, 9.17) is 16.3 Å². The molecule has 2 unspecified atom stereocenters. The summed E-state index contributed by atoms with van der Waals surface area (Å²) in [7, 11) is 0. The van der Waals surface area contributed by atoms with Crippen molar-refractivity contribution in [3.8, 4) is 0 Å². The number of nitrogens with zero attached hydrogens (tertiary/aromatic N) is 2. The predicted octanol–water partition coefficient (Wildman–Crippen LogP) is 3.73. The van der Waals surface area contributed by atoms with Gasteiger partial charge in [-0.25, -0.2) is 9.37 Å². The standard InChI is InChI=1S/C15H18ClFN2O/c1-2-14-10(5-6-20-14)9-19-13-4-3-11(17)7-12(13)18-15(19)8-16/h3-4,7,10,14H,2,5-6,8-9H2,1H3. The fourth-order valence-corrected chi connectivity index (χ4v) is 3.25. The number of halogens is 2. The van der Waals surface area contributed by atoms with E-state index in [0.29, 0.717) is 23.4 Å². The Morgan fingerprint density at radius 1 is 1.50 bits per heavy atom. The zero-order chi connectivity index (χ0) is 14.1. The van der Waals surface area contributed by atoms with Crippen molar-refractivity contribution < 1.29 is 9.13 Å². The molecule has 1 aromatic carbocycles. The average Bonchev–Trinajstić information content (AvgIpc) is 3.03. The van der Waals surface area contributed by atoms with Gasteiger partial charge in [0.2, 0.25) is 0 Å². The number of aromatic nitrogens is 2. The molecular weight excluding hydrogens is 279 g/mol. The number of ether oxygens (including phenoxy) is 1. The van der Waals surface area contributed by atoms with E-state index in [0.717, 1.165) is 37.3 Å². The number of fused-ring (bicyclic) bond motifs is 1. The first-order valence-corrected chi connectivity index (χ1v) is 7.58. The molecule has 0 aliphatic carbocycles. The second-order valence-corrected chi connectivity index (χ2v) is 5.54. The van der Waals surface area contributed by atoms with E-state index >= 15 is 0 Å². The number of hydrogen-bond acceptors (Lipinski definition) is 2. The van der Waals surface area contributed by atoms with Gasteiger partial charge in [-0.3, -0.25) is 0 Å². The quantitative estimate of drug-likeness (QED) is 0.804. The number of imidazole rings is 1. The first-order chi connectivity index (χ1) is 9.72. The summed E-state index contributed by atoms with van der Waals surface area (Å²) in [4.78, 5) is 4.44. The molecule has 5 heteroatoms. The molecule has 3 rings (SSSR count). The first kappa shape index (κ1) is 13.8. The summed E-state index contributed by atoms with van der Waals surface area (Å²) in [6.45, 7) is 3.80. The van der Waals surface area contributed by atoms with Crippen LogP contribution in [-0.4, -0.2) is 22.3 Å². The fourth-order valence-electron chi connectivity index (χ4n) is 3.05. The van der Waals surface area contributed by atoms with Crippen LogP contribution in [0.4, 0.5) is 4.39 Å². The van der Waals surface area contributed by atoms with Gasteiger partial charge >= 0.3 is 0 Å². The summed E-state index contributed by atoms with van der Waals surface area (Å²) in [5, 5.41) is 0. The second kappa shape index (κ2) is 5.70. The molecule has 2 atom stereocenters. The summed E-state index contributed by atoms with van der Waals surface area (Å²) in [5.41, 5.74) is 1.62. The zero-order valence-electron chi connectivity index (χ0n) is 11.5. The summed E-state index contributed by atoms with van der Waals surface area (Å²) >= 11 is 5.99. The minimum absolute atomic E-state index is 0.265. The van der Waals surface area contributed by atoms with Gasteiger partial charge in [-0.2, -0.15) is 0 Å². The number of hydrogen-bond donors (Lipinski definition) is 0. The molecule has 3 nitrogen and oxygen atoms in total. The third-order valence-electron chi connectivity index (χ3n) is 4.07. The maximum atomic E-state index is 13.3. The van der Waals surface area contributed by atoms with Crippen LogP contribution in [0, 0.1) is 11.7 Å². The van der Waals surface area contributed by atoms with Crippen LogP contribution in [0.25, 0.3) is 11.0 Å². The minimum Gasteiger partial charge on any atom is -0.378 e. The normalized spacial score (nSPS) is 22.8. The van der Waals surface area contributed by atoms with Crippen molar-refractivity contribution in [2.75, 3.05) is 6.61 Å². The summed E-state index contributed by atoms with van der Waals surface area (Å²) in [6.07, 6.45) is 2.37. The van der Waals surface area contributed by atoms with Crippen LogP contribution in [-0.2, 0) is 17.2 Å². The van der Waals surface area contributed by atoms with Crippen molar-refractivity contribution in [1.29, 1.82) is 0 Å². The molecule has 1 aromatic heterocycles. The van der Waals surface area contributed by atoms with E-state index in [9.17, 15) is 4.39 Å². The minimum atomic E-state index is -0.265. The van der Waals surface area contributed by atoms with Gasteiger partial charge in [-0.05, 0) is 25.0 Å². The summed E-state index contributed by atoms with van der Waals surface area (Å²) in [6, 6.07) is 4.72. The lowest BCUT2D eigenvalue weighted by atomic mass is 9.99. The Morgan fingerprint density at radius 3 is 3.10 bits per heavy atom. The van der Waals surface area contributed by atoms with Gasteiger partial charge in [0, 0.05) is 25.1 Å². The smallest absolute Gasteiger partial charge is 0.125 e. The Morgan fingerprint density at radius 2 is 2.35 bits per heavy atom. The van der Waals surface area contributed by atoms with E-state index in [1.165, 1.54) is 12.1 Å². The largest absolute Gasteiger partial charge is 0.378 e. The summed E-state index contributed by atoms with van der Waals surface area (Å²) in [5.74, 6) is 1.35. The average molecular weight is 297 g/mol. The molecule has 20 heavy (non-hydrogen) atoms. The highest BCUT2D eigenvalue weighted by Gasteiger charge is 2.28. The highest BCUT2D eigenvalue weighted by Crippen LogP contribution is 2.28. The van der Waals surface area contributed by atoms with Gasteiger partial charge in [-0.15, -0.1) is 11.6 Å². The molecule has 0 spiro atoms. The van der Waals surface area contributed by atoms with Crippen LogP contribution in [0.1, 0.15) is 25.6 Å². The van der Waals surface area contributed by atoms with Crippen molar-refractivity contribution >= 4 is 22.6 Å². The highest BCUT2D eigenvalue weighted by atomic mass is 35.5. The van der Waals surface area contributed by atoms with E-state index in [2.05, 4.69) is 16.5 Å². The van der Waals surface area contributed by atoms with Crippen molar-refractivity contribution in [2.24, 2.45) is 5.92 Å². The van der Waals surface area contributed by atoms with Crippen molar-refractivity contribution in [3.05, 3.63) is 29.8 Å². The van der Waals surface area contributed by atoms with Crippen LogP contribution in [0.15, 0.2) is 18.2 Å². The summed E-state index contributed by atoms with van der Waals surface area (Å²) < 4.78 is 21.2. The molecular formula is C15H18ClFN2O. The number of benzene rings is 1. The van der Waals surface area contributed by atoms with Crippen molar-refractivity contribution in [1.82, 2.24) is 9.55 Å². The maximum Gasteiger partial charge on any atom is 0.125 e. The maximum absolute atomic E-state index is 13.3. The zero-order valence-corrected chi connectivity index (χ0v) is 12.2. The second-order valence-electron chi connectivity index (χ2n) is 5.27. The van der Waals surface area contributed by atoms with Gasteiger partial charge in [0.05, 0.1) is 23.0 Å². The molecule has 0 radical (unpaired) electrons. The van der Waals surface area contributed by atoms with E-state index in [-0.39, 0.29) is 5.82 Å². The lowest BCUT2D eigenvalue weighted by molar-refractivity contribution is 0.0836. The Balaban J connectivity index is 1.97. The molecule has 0 bridgehead atoms. The van der Waals surface area contributed by atoms with Crippen LogP contribution in [0.2, 0.25) is 0 Å². The molecule has 1 fully saturated rings. The first-order valence-electron chi connectivity index (χ1n) is 7.05. The van der Waals surface area contributed by atoms with Gasteiger partial charge in [0.15, 0.2) is 0 Å². The van der Waals surface area contributed by atoms with Crippen molar-refractivity contribution in [2.45, 2.75) is 38.3 Å². The molecule has 108 valence electrons. The molecule has 0 N–H and O–H groups in total. The van der Waals surface area contributed by atoms with Gasteiger partial charge in [0.25, 0.3) is 0 Å². The van der Waals surface area contributed by atoms with Crippen LogP contribution in [0.3, 0.4) is 0 Å². The molecule has 2 heterocycles. The van der Waals surface area contributed by atoms with E-state index in [1.807, 2.05) is 0 Å². The third-order valence-corrected chi connectivity index (χ3v) is 4.31. The van der Waals surface area contributed by atoms with Crippen LogP contribution in [0.5, 0.6) is 0 Å². The predicted molar refractivity (Wildman–Crippen MR) is 77.4 cm³/mol. The van der Waals surface area contributed by atoms with Crippen LogP contribution >= 0.6 is 11.6 Å². The lowest BCUT2D eigenvalue weighted by Crippen LogP contribution is -2.21. The Kier molecular flexibility index (Phi) is 3.94. The van der Waals surface area contributed by atoms with Crippen LogP contribution < -0.4 is 0 Å². The van der Waals surface area contributed by atoms with Crippen molar-refractivity contribution in [3.63, 3.8) is 0 Å². The molecule has 0 saturated carbocycles. The Labute approximate surface area is 122 Å². The molecule has 1 aliphatic rings. The topological polar surface area (TPSA) is 27.1 Å². The third kappa shape index (κ3) is 2.42. The highest BCUT2D eigenvalue weighted by molar-refractivity contribution is 6.16. The number of alkyl halides is 1. The Hall–Kier alpha value is -1.13. The number of rotatable bonds is 4. The van der Waals surface area contributed by atoms with Gasteiger partial charge in [0.1, 0.15) is 11.6 Å². The Bertz CT molecular complexity index is 613.